The molecule has 0 fully saturated rings. The van der Waals surface area contributed by atoms with Gasteiger partial charge in [-0.15, -0.1) is 11.3 Å². The molecule has 6 heteroatoms. The molecular weight excluding hydrogens is 273 g/mol. The second-order valence-electron chi connectivity index (χ2n) is 4.15. The SMILES string of the molecule is CCc1nc(N)sc1Cc1ccc(C(F)(F)F)cc1. The van der Waals surface area contributed by atoms with Crippen molar-refractivity contribution in [2.24, 2.45) is 0 Å². The highest BCUT2D eigenvalue weighted by atomic mass is 32.1. The Morgan fingerprint density at radius 1 is 1.21 bits per heavy atom. The number of nitrogens with two attached hydrogens (primary N) is 1. The van der Waals surface area contributed by atoms with Gasteiger partial charge in [-0.3, -0.25) is 0 Å². The Morgan fingerprint density at radius 3 is 2.37 bits per heavy atom. The Morgan fingerprint density at radius 2 is 1.84 bits per heavy atom. The van der Waals surface area contributed by atoms with Crippen LogP contribution in [0.3, 0.4) is 0 Å². The number of hydrogen-bond acceptors (Lipinski definition) is 3. The summed E-state index contributed by atoms with van der Waals surface area (Å²) in [6.45, 7) is 1.98. The third kappa shape index (κ3) is 3.26. The maximum atomic E-state index is 12.4. The van der Waals surface area contributed by atoms with E-state index in [0.29, 0.717) is 11.6 Å². The topological polar surface area (TPSA) is 38.9 Å². The van der Waals surface area contributed by atoms with Gasteiger partial charge in [0.2, 0.25) is 0 Å². The van der Waals surface area contributed by atoms with Gasteiger partial charge in [-0.05, 0) is 24.1 Å². The van der Waals surface area contributed by atoms with E-state index in [2.05, 4.69) is 4.98 Å². The monoisotopic (exact) mass is 286 g/mol. The molecular formula is C13H13F3N2S. The summed E-state index contributed by atoms with van der Waals surface area (Å²) in [6, 6.07) is 5.20. The van der Waals surface area contributed by atoms with Crippen molar-refractivity contribution < 1.29 is 13.2 Å². The average molecular weight is 286 g/mol. The first-order valence-corrected chi connectivity index (χ1v) is 6.62. The van der Waals surface area contributed by atoms with Crippen LogP contribution in [0.25, 0.3) is 0 Å². The van der Waals surface area contributed by atoms with E-state index in [1.54, 1.807) is 0 Å². The molecule has 0 aliphatic heterocycles. The standard InChI is InChI=1S/C13H13F3N2S/c1-2-10-11(19-12(17)18-10)7-8-3-5-9(6-4-8)13(14,15)16/h3-6H,2,7H2,1H3,(H2,17,18). The zero-order valence-electron chi connectivity index (χ0n) is 10.3. The lowest BCUT2D eigenvalue weighted by Crippen LogP contribution is -2.04. The highest BCUT2D eigenvalue weighted by molar-refractivity contribution is 7.15. The van der Waals surface area contributed by atoms with Crippen molar-refractivity contribution in [1.29, 1.82) is 0 Å². The summed E-state index contributed by atoms with van der Waals surface area (Å²) in [7, 11) is 0. The molecule has 0 radical (unpaired) electrons. The maximum absolute atomic E-state index is 12.4. The Labute approximate surface area is 113 Å². The van der Waals surface area contributed by atoms with Gasteiger partial charge in [0.1, 0.15) is 0 Å². The predicted molar refractivity (Wildman–Crippen MR) is 70.2 cm³/mol. The predicted octanol–water partition coefficient (Wildman–Crippen LogP) is 3.90. The average Bonchev–Trinajstić information content (AvgIpc) is 2.69. The van der Waals surface area contributed by atoms with Crippen LogP contribution in [0.5, 0.6) is 0 Å². The third-order valence-corrected chi connectivity index (χ3v) is 3.70. The number of nitrogen functional groups attached to an aromatic ring is 1. The molecule has 0 unspecified atom stereocenters. The van der Waals surface area contributed by atoms with Crippen LogP contribution in [-0.2, 0) is 19.0 Å². The molecule has 2 nitrogen and oxygen atoms in total. The molecule has 1 heterocycles. The van der Waals surface area contributed by atoms with Gasteiger partial charge < -0.3 is 5.73 Å². The van der Waals surface area contributed by atoms with Crippen molar-refractivity contribution in [2.75, 3.05) is 5.73 Å². The third-order valence-electron chi connectivity index (χ3n) is 2.78. The summed E-state index contributed by atoms with van der Waals surface area (Å²) in [5.74, 6) is 0. The fourth-order valence-corrected chi connectivity index (χ4v) is 2.77. The molecule has 2 N–H and O–H groups in total. The summed E-state index contributed by atoms with van der Waals surface area (Å²) >= 11 is 1.39. The van der Waals surface area contributed by atoms with Gasteiger partial charge in [-0.25, -0.2) is 4.98 Å². The van der Waals surface area contributed by atoms with Crippen molar-refractivity contribution in [3.63, 3.8) is 0 Å². The number of halogens is 3. The Hall–Kier alpha value is -1.56. The van der Waals surface area contributed by atoms with Crippen LogP contribution >= 0.6 is 11.3 Å². The fraction of sp³-hybridized carbons (Fsp3) is 0.308. The molecule has 0 atom stereocenters. The van der Waals surface area contributed by atoms with Crippen LogP contribution < -0.4 is 5.73 Å². The van der Waals surface area contributed by atoms with E-state index >= 15 is 0 Å². The minimum absolute atomic E-state index is 0.499. The molecule has 0 spiro atoms. The lowest BCUT2D eigenvalue weighted by Gasteiger charge is -2.07. The van der Waals surface area contributed by atoms with E-state index in [0.717, 1.165) is 34.7 Å². The van der Waals surface area contributed by atoms with Crippen LogP contribution in [-0.4, -0.2) is 4.98 Å². The molecule has 0 bridgehead atoms. The lowest BCUT2D eigenvalue weighted by molar-refractivity contribution is -0.137. The number of aromatic nitrogens is 1. The number of hydrogen-bond donors (Lipinski definition) is 1. The van der Waals surface area contributed by atoms with E-state index in [-0.39, 0.29) is 0 Å². The van der Waals surface area contributed by atoms with Crippen molar-refractivity contribution in [3.05, 3.63) is 46.0 Å². The van der Waals surface area contributed by atoms with Crippen molar-refractivity contribution in [2.45, 2.75) is 25.9 Å². The molecule has 1 aromatic heterocycles. The Kier molecular flexibility index (Phi) is 3.80. The zero-order chi connectivity index (χ0) is 14.0. The lowest BCUT2D eigenvalue weighted by atomic mass is 10.1. The van der Waals surface area contributed by atoms with Gasteiger partial charge in [0.15, 0.2) is 5.13 Å². The first-order chi connectivity index (χ1) is 8.90. The fourth-order valence-electron chi connectivity index (χ4n) is 1.81. The molecule has 2 aromatic rings. The van der Waals surface area contributed by atoms with Crippen molar-refractivity contribution in [3.8, 4) is 0 Å². The van der Waals surface area contributed by atoms with Crippen LogP contribution in [0.15, 0.2) is 24.3 Å². The first kappa shape index (κ1) is 13.9. The molecule has 2 rings (SSSR count). The minimum Gasteiger partial charge on any atom is -0.375 e. The minimum atomic E-state index is -4.29. The van der Waals surface area contributed by atoms with Gasteiger partial charge in [0, 0.05) is 11.3 Å². The quantitative estimate of drug-likeness (QED) is 0.929. The molecule has 0 aliphatic rings. The zero-order valence-corrected chi connectivity index (χ0v) is 11.1. The van der Waals surface area contributed by atoms with Crippen molar-refractivity contribution in [1.82, 2.24) is 4.98 Å². The second-order valence-corrected chi connectivity index (χ2v) is 5.26. The first-order valence-electron chi connectivity index (χ1n) is 5.80. The van der Waals surface area contributed by atoms with E-state index in [9.17, 15) is 13.2 Å². The highest BCUT2D eigenvalue weighted by Gasteiger charge is 2.29. The highest BCUT2D eigenvalue weighted by Crippen LogP contribution is 2.30. The Balaban J connectivity index is 2.19. The van der Waals surface area contributed by atoms with Crippen LogP contribution in [0.2, 0.25) is 0 Å². The number of alkyl halides is 3. The number of benzene rings is 1. The molecule has 102 valence electrons. The number of nitrogens with zero attached hydrogens (tertiary/aromatic N) is 1. The molecule has 0 aliphatic carbocycles. The molecule has 19 heavy (non-hydrogen) atoms. The number of rotatable bonds is 3. The van der Waals surface area contributed by atoms with Crippen LogP contribution in [0, 0.1) is 0 Å². The van der Waals surface area contributed by atoms with E-state index < -0.39 is 11.7 Å². The summed E-state index contributed by atoms with van der Waals surface area (Å²) in [5, 5.41) is 0.499. The van der Waals surface area contributed by atoms with Gasteiger partial charge in [0.25, 0.3) is 0 Å². The number of aryl methyl sites for hydroxylation is 1. The van der Waals surface area contributed by atoms with Gasteiger partial charge in [-0.1, -0.05) is 19.1 Å². The molecule has 0 saturated heterocycles. The van der Waals surface area contributed by atoms with Crippen LogP contribution in [0.1, 0.15) is 28.6 Å². The smallest absolute Gasteiger partial charge is 0.375 e. The summed E-state index contributed by atoms with van der Waals surface area (Å²) in [4.78, 5) is 5.21. The Bertz CT molecular complexity index is 558. The molecule has 0 saturated carbocycles. The van der Waals surface area contributed by atoms with Gasteiger partial charge in [0.05, 0.1) is 11.3 Å². The van der Waals surface area contributed by atoms with Gasteiger partial charge >= 0.3 is 6.18 Å². The summed E-state index contributed by atoms with van der Waals surface area (Å²) in [5.41, 5.74) is 6.76. The van der Waals surface area contributed by atoms with Crippen LogP contribution in [0.4, 0.5) is 18.3 Å². The summed E-state index contributed by atoms with van der Waals surface area (Å²) < 4.78 is 37.3. The largest absolute Gasteiger partial charge is 0.416 e. The number of anilines is 1. The van der Waals surface area contributed by atoms with E-state index in [1.165, 1.54) is 23.5 Å². The maximum Gasteiger partial charge on any atom is 0.416 e. The van der Waals surface area contributed by atoms with Crippen molar-refractivity contribution >= 4 is 16.5 Å². The normalized spacial score (nSPS) is 11.8. The number of thiazole rings is 1. The second kappa shape index (κ2) is 5.21. The molecule has 0 amide bonds. The summed E-state index contributed by atoms with van der Waals surface area (Å²) in [6.07, 6.45) is -2.96. The van der Waals surface area contributed by atoms with E-state index in [1.807, 2.05) is 6.92 Å². The van der Waals surface area contributed by atoms with Gasteiger partial charge in [-0.2, -0.15) is 13.2 Å². The van der Waals surface area contributed by atoms with E-state index in [4.69, 9.17) is 5.73 Å². The molecule has 1 aromatic carbocycles.